The molecule has 0 saturated carbocycles. The molecule has 0 aromatic heterocycles. The fraction of sp³-hybridized carbons (Fsp3) is 0.385. The molecule has 0 bridgehead atoms. The van der Waals surface area contributed by atoms with Crippen molar-refractivity contribution in [2.45, 2.75) is 26.7 Å². The first-order chi connectivity index (χ1) is 8.49. The predicted octanol–water partition coefficient (Wildman–Crippen LogP) is 2.91. The largest absolute Gasteiger partial charge is 0.466 e. The number of hydrogen-bond donors (Lipinski definition) is 0. The van der Waals surface area contributed by atoms with Crippen molar-refractivity contribution in [1.29, 1.82) is 5.26 Å². The summed E-state index contributed by atoms with van der Waals surface area (Å²) in [4.78, 5) is 11.4. The van der Waals surface area contributed by atoms with Gasteiger partial charge < -0.3 is 4.74 Å². The van der Waals surface area contributed by atoms with E-state index in [2.05, 4.69) is 0 Å². The minimum Gasteiger partial charge on any atom is -0.466 e. The highest BCUT2D eigenvalue weighted by molar-refractivity contribution is 5.74. The fourth-order valence-corrected chi connectivity index (χ4v) is 1.69. The lowest BCUT2D eigenvalue weighted by atomic mass is 9.96. The van der Waals surface area contributed by atoms with Gasteiger partial charge in [0.15, 0.2) is 0 Å². The zero-order valence-electron chi connectivity index (χ0n) is 10.2. The summed E-state index contributed by atoms with van der Waals surface area (Å²) in [7, 11) is 0. The molecule has 0 aliphatic rings. The molecule has 1 aromatic carbocycles. The maximum absolute atomic E-state index is 12.9. The normalized spacial score (nSPS) is 10.2. The number of nitriles is 1. The van der Waals surface area contributed by atoms with Gasteiger partial charge in [0.1, 0.15) is 0 Å². The average Bonchev–Trinajstić information content (AvgIpc) is 2.30. The topological polar surface area (TPSA) is 50.1 Å². The average molecular weight is 253 g/mol. The number of rotatable bonds is 4. The molecule has 0 unspecified atom stereocenters. The van der Waals surface area contributed by atoms with Crippen molar-refractivity contribution in [3.63, 3.8) is 0 Å². The summed E-state index contributed by atoms with van der Waals surface area (Å²) in [5, 5.41) is 8.94. The highest BCUT2D eigenvalue weighted by Crippen LogP contribution is 2.27. The van der Waals surface area contributed by atoms with Crippen molar-refractivity contribution < 1.29 is 18.3 Å². The van der Waals surface area contributed by atoms with Gasteiger partial charge in [0.05, 0.1) is 24.7 Å². The van der Waals surface area contributed by atoms with Crippen LogP contribution in [-0.4, -0.2) is 12.6 Å². The van der Waals surface area contributed by atoms with Gasteiger partial charge in [-0.1, -0.05) is 6.07 Å². The Bertz CT molecular complexity index is 492. The van der Waals surface area contributed by atoms with E-state index in [0.29, 0.717) is 5.56 Å². The molecule has 0 aliphatic heterocycles. The van der Waals surface area contributed by atoms with Gasteiger partial charge >= 0.3 is 5.97 Å². The Kier molecular flexibility index (Phi) is 4.78. The smallest absolute Gasteiger partial charge is 0.310 e. The van der Waals surface area contributed by atoms with Crippen LogP contribution in [0.4, 0.5) is 8.78 Å². The Balaban J connectivity index is 3.22. The van der Waals surface area contributed by atoms with Gasteiger partial charge in [-0.3, -0.25) is 4.79 Å². The maximum atomic E-state index is 12.9. The van der Waals surface area contributed by atoms with E-state index < -0.39 is 12.4 Å². The van der Waals surface area contributed by atoms with E-state index in [9.17, 15) is 13.6 Å². The second kappa shape index (κ2) is 6.10. The van der Waals surface area contributed by atoms with Crippen LogP contribution in [-0.2, 0) is 16.0 Å². The molecule has 0 N–H and O–H groups in total. The van der Waals surface area contributed by atoms with Crippen LogP contribution in [0.15, 0.2) is 12.1 Å². The Morgan fingerprint density at radius 3 is 2.67 bits per heavy atom. The van der Waals surface area contributed by atoms with Gasteiger partial charge in [-0.15, -0.1) is 0 Å². The molecule has 18 heavy (non-hydrogen) atoms. The number of benzene rings is 1. The third-order valence-corrected chi connectivity index (χ3v) is 2.41. The molecule has 3 nitrogen and oxygen atoms in total. The number of ether oxygens (including phenoxy) is 1. The SMILES string of the molecule is CCOC(=O)Cc1c(C#N)cc(C)cc1C(F)F. The molecule has 0 heterocycles. The zero-order valence-corrected chi connectivity index (χ0v) is 10.2. The maximum Gasteiger partial charge on any atom is 0.310 e. The summed E-state index contributed by atoms with van der Waals surface area (Å²) >= 11 is 0. The summed E-state index contributed by atoms with van der Waals surface area (Å²) in [5.41, 5.74) is 0.434. The summed E-state index contributed by atoms with van der Waals surface area (Å²) in [6, 6.07) is 4.62. The molecule has 0 spiro atoms. The standard InChI is InChI=1S/C13H13F2NO2/c1-3-18-12(17)6-10-9(7-16)4-8(2)5-11(10)13(14)15/h4-5,13H,3,6H2,1-2H3. The third-order valence-electron chi connectivity index (χ3n) is 2.41. The number of carbonyl (C=O) groups excluding carboxylic acids is 1. The molecule has 0 saturated heterocycles. The molecule has 1 aromatic rings. The summed E-state index contributed by atoms with van der Waals surface area (Å²) in [6.07, 6.45) is -3.03. The summed E-state index contributed by atoms with van der Waals surface area (Å²) < 4.78 is 30.5. The second-order valence-electron chi connectivity index (χ2n) is 3.77. The Morgan fingerprint density at radius 1 is 1.50 bits per heavy atom. The first kappa shape index (κ1) is 14.1. The van der Waals surface area contributed by atoms with E-state index in [1.54, 1.807) is 13.8 Å². The number of esters is 1. The quantitative estimate of drug-likeness (QED) is 0.775. The van der Waals surface area contributed by atoms with Gasteiger partial charge in [-0.05, 0) is 31.0 Å². The second-order valence-corrected chi connectivity index (χ2v) is 3.77. The Labute approximate surface area is 104 Å². The minimum absolute atomic E-state index is 0.0524. The first-order valence-electron chi connectivity index (χ1n) is 5.46. The molecular formula is C13H13F2NO2. The minimum atomic E-state index is -2.72. The van der Waals surface area contributed by atoms with Crippen LogP contribution in [0.5, 0.6) is 0 Å². The lowest BCUT2D eigenvalue weighted by molar-refractivity contribution is -0.142. The van der Waals surface area contributed by atoms with Crippen molar-refractivity contribution in [2.24, 2.45) is 0 Å². The number of carbonyl (C=O) groups is 1. The van der Waals surface area contributed by atoms with Gasteiger partial charge in [0.2, 0.25) is 0 Å². The van der Waals surface area contributed by atoms with Crippen LogP contribution in [0.1, 0.15) is 35.6 Å². The van der Waals surface area contributed by atoms with Crippen LogP contribution in [0.2, 0.25) is 0 Å². The van der Waals surface area contributed by atoms with Crippen molar-refractivity contribution >= 4 is 5.97 Å². The van der Waals surface area contributed by atoms with E-state index in [1.807, 2.05) is 6.07 Å². The van der Waals surface area contributed by atoms with Crippen LogP contribution in [0, 0.1) is 18.3 Å². The van der Waals surface area contributed by atoms with E-state index in [-0.39, 0.29) is 29.7 Å². The fourth-order valence-electron chi connectivity index (χ4n) is 1.69. The van der Waals surface area contributed by atoms with Gasteiger partial charge in [-0.25, -0.2) is 8.78 Å². The van der Waals surface area contributed by atoms with Crippen molar-refractivity contribution in [3.8, 4) is 6.07 Å². The van der Waals surface area contributed by atoms with Gasteiger partial charge in [-0.2, -0.15) is 5.26 Å². The molecule has 0 amide bonds. The highest BCUT2D eigenvalue weighted by atomic mass is 19.3. The van der Waals surface area contributed by atoms with Crippen molar-refractivity contribution in [2.75, 3.05) is 6.61 Å². The van der Waals surface area contributed by atoms with Crippen LogP contribution >= 0.6 is 0 Å². The molecule has 0 atom stereocenters. The van der Waals surface area contributed by atoms with Gasteiger partial charge in [0.25, 0.3) is 6.43 Å². The van der Waals surface area contributed by atoms with E-state index in [4.69, 9.17) is 10.00 Å². The van der Waals surface area contributed by atoms with E-state index in [1.165, 1.54) is 12.1 Å². The van der Waals surface area contributed by atoms with Crippen LogP contribution in [0.3, 0.4) is 0 Å². The third kappa shape index (κ3) is 3.27. The van der Waals surface area contributed by atoms with E-state index >= 15 is 0 Å². The molecule has 5 heteroatoms. The summed E-state index contributed by atoms with van der Waals surface area (Å²) in [5.74, 6) is -0.611. The Hall–Kier alpha value is -1.96. The molecule has 96 valence electrons. The number of aryl methyl sites for hydroxylation is 1. The number of hydrogen-bond acceptors (Lipinski definition) is 3. The molecule has 0 aliphatic carbocycles. The number of halogens is 2. The molecule has 0 radical (unpaired) electrons. The van der Waals surface area contributed by atoms with E-state index in [0.717, 1.165) is 0 Å². The Morgan fingerprint density at radius 2 is 2.17 bits per heavy atom. The highest BCUT2D eigenvalue weighted by Gasteiger charge is 2.20. The number of alkyl halides is 2. The molecular weight excluding hydrogens is 240 g/mol. The monoisotopic (exact) mass is 253 g/mol. The van der Waals surface area contributed by atoms with Crippen LogP contribution in [0.25, 0.3) is 0 Å². The van der Waals surface area contributed by atoms with Crippen molar-refractivity contribution in [1.82, 2.24) is 0 Å². The first-order valence-corrected chi connectivity index (χ1v) is 5.46. The molecule has 0 fully saturated rings. The lowest BCUT2D eigenvalue weighted by Crippen LogP contribution is -2.11. The van der Waals surface area contributed by atoms with Gasteiger partial charge in [0, 0.05) is 5.56 Å². The van der Waals surface area contributed by atoms with Crippen molar-refractivity contribution in [3.05, 3.63) is 34.4 Å². The number of nitrogens with zero attached hydrogens (tertiary/aromatic N) is 1. The van der Waals surface area contributed by atoms with Crippen LogP contribution < -0.4 is 0 Å². The predicted molar refractivity (Wildman–Crippen MR) is 61.2 cm³/mol. The molecule has 1 rings (SSSR count). The lowest BCUT2D eigenvalue weighted by Gasteiger charge is -2.11. The zero-order chi connectivity index (χ0) is 13.7. The summed E-state index contributed by atoms with van der Waals surface area (Å²) in [6.45, 7) is 3.43.